The van der Waals surface area contributed by atoms with E-state index in [1.165, 1.54) is 0 Å². The molecule has 1 aromatic carbocycles. The molecule has 0 aliphatic heterocycles. The number of para-hydroxylation sites is 1. The van der Waals surface area contributed by atoms with Crippen LogP contribution in [0.3, 0.4) is 0 Å². The van der Waals surface area contributed by atoms with Crippen LogP contribution in [0.25, 0.3) is 10.9 Å². The van der Waals surface area contributed by atoms with Crippen LogP contribution in [-0.2, 0) is 10.2 Å². The third kappa shape index (κ3) is 1.63. The molecule has 0 radical (unpaired) electrons. The van der Waals surface area contributed by atoms with Crippen LogP contribution in [-0.4, -0.2) is 11.3 Å². The minimum absolute atomic E-state index is 0.456. The number of fused-ring (bicyclic) bond motifs is 1. The van der Waals surface area contributed by atoms with Gasteiger partial charge in [-0.2, -0.15) is 0 Å². The summed E-state index contributed by atoms with van der Waals surface area (Å²) in [6.07, 6.45) is 2.73. The molecule has 2 nitrogen and oxygen atoms in total. The number of pyridine rings is 1. The number of aldehydes is 1. The van der Waals surface area contributed by atoms with Gasteiger partial charge in [0, 0.05) is 17.0 Å². The van der Waals surface area contributed by atoms with Gasteiger partial charge < -0.3 is 4.79 Å². The fourth-order valence-corrected chi connectivity index (χ4v) is 1.72. The lowest BCUT2D eigenvalue weighted by atomic mass is 9.84. The molecule has 0 saturated carbocycles. The normalized spacial score (nSPS) is 11.6. The topological polar surface area (TPSA) is 30.0 Å². The molecule has 0 N–H and O–H groups in total. The maximum atomic E-state index is 11.1. The standard InChI is InChI=1S/C13H13NO/c1-13(2,9-15)11-7-8-14-12-6-4-3-5-10(11)12/h3-9H,1-2H3. The molecule has 0 unspecified atom stereocenters. The quantitative estimate of drug-likeness (QED) is 0.696. The van der Waals surface area contributed by atoms with Gasteiger partial charge in [0.05, 0.1) is 5.52 Å². The summed E-state index contributed by atoms with van der Waals surface area (Å²) < 4.78 is 0. The molecule has 2 aromatic rings. The van der Waals surface area contributed by atoms with Crippen LogP contribution in [0.2, 0.25) is 0 Å². The highest BCUT2D eigenvalue weighted by Gasteiger charge is 2.21. The lowest BCUT2D eigenvalue weighted by molar-refractivity contribution is -0.111. The van der Waals surface area contributed by atoms with Crippen molar-refractivity contribution >= 4 is 17.2 Å². The Morgan fingerprint density at radius 2 is 1.93 bits per heavy atom. The molecule has 0 amide bonds. The number of carbonyl (C=O) groups excluding carboxylic acids is 1. The molecule has 15 heavy (non-hydrogen) atoms. The number of nitrogens with zero attached hydrogens (tertiary/aromatic N) is 1. The van der Waals surface area contributed by atoms with Crippen LogP contribution in [0.15, 0.2) is 36.5 Å². The fraction of sp³-hybridized carbons (Fsp3) is 0.231. The number of hydrogen-bond donors (Lipinski definition) is 0. The van der Waals surface area contributed by atoms with Crippen LogP contribution in [0.4, 0.5) is 0 Å². The smallest absolute Gasteiger partial charge is 0.129 e. The van der Waals surface area contributed by atoms with E-state index in [-0.39, 0.29) is 0 Å². The summed E-state index contributed by atoms with van der Waals surface area (Å²) in [6.45, 7) is 3.84. The minimum Gasteiger partial charge on any atom is -0.302 e. The van der Waals surface area contributed by atoms with Crippen molar-refractivity contribution in [3.05, 3.63) is 42.1 Å². The zero-order valence-electron chi connectivity index (χ0n) is 8.90. The molecule has 0 spiro atoms. The number of hydrogen-bond acceptors (Lipinski definition) is 2. The first-order valence-corrected chi connectivity index (χ1v) is 4.96. The minimum atomic E-state index is -0.456. The first-order valence-electron chi connectivity index (χ1n) is 4.96. The predicted octanol–water partition coefficient (Wildman–Crippen LogP) is 2.71. The molecule has 0 bridgehead atoms. The Bertz CT molecular complexity index is 497. The molecule has 2 rings (SSSR count). The number of benzene rings is 1. The van der Waals surface area contributed by atoms with E-state index in [1.807, 2.05) is 44.2 Å². The molecule has 0 fully saturated rings. The highest BCUT2D eigenvalue weighted by Crippen LogP contribution is 2.27. The van der Waals surface area contributed by atoms with Gasteiger partial charge >= 0.3 is 0 Å². The summed E-state index contributed by atoms with van der Waals surface area (Å²) >= 11 is 0. The summed E-state index contributed by atoms with van der Waals surface area (Å²) in [5.41, 5.74) is 1.51. The Labute approximate surface area is 89.0 Å². The first kappa shape index (κ1) is 9.84. The molecular formula is C13H13NO. The van der Waals surface area contributed by atoms with Gasteiger partial charge in [0.2, 0.25) is 0 Å². The van der Waals surface area contributed by atoms with Gasteiger partial charge in [-0.3, -0.25) is 4.98 Å². The zero-order valence-corrected chi connectivity index (χ0v) is 8.90. The SMILES string of the molecule is CC(C)(C=O)c1ccnc2ccccc12. The Balaban J connectivity index is 2.76. The zero-order chi connectivity index (χ0) is 10.9. The van der Waals surface area contributed by atoms with Gasteiger partial charge in [0.25, 0.3) is 0 Å². The second-order valence-corrected chi connectivity index (χ2v) is 4.22. The van der Waals surface area contributed by atoms with E-state index in [9.17, 15) is 4.79 Å². The van der Waals surface area contributed by atoms with Gasteiger partial charge in [-0.15, -0.1) is 0 Å². The second kappa shape index (κ2) is 3.46. The molecule has 0 saturated heterocycles. The van der Waals surface area contributed by atoms with E-state index < -0.39 is 5.41 Å². The number of carbonyl (C=O) groups is 1. The van der Waals surface area contributed by atoms with Crippen molar-refractivity contribution in [2.75, 3.05) is 0 Å². The molecule has 76 valence electrons. The molecule has 0 aliphatic carbocycles. The Hall–Kier alpha value is -1.70. The van der Waals surface area contributed by atoms with E-state index in [0.717, 1.165) is 22.8 Å². The largest absolute Gasteiger partial charge is 0.302 e. The first-order chi connectivity index (χ1) is 7.15. The van der Waals surface area contributed by atoms with Crippen LogP contribution in [0.5, 0.6) is 0 Å². The summed E-state index contributed by atoms with van der Waals surface area (Å²) in [5, 5.41) is 1.05. The molecule has 0 aliphatic rings. The molecule has 1 aromatic heterocycles. The summed E-state index contributed by atoms with van der Waals surface area (Å²) in [7, 11) is 0. The van der Waals surface area contributed by atoms with Gasteiger partial charge in [0.15, 0.2) is 0 Å². The van der Waals surface area contributed by atoms with Crippen molar-refractivity contribution in [1.82, 2.24) is 4.98 Å². The lowest BCUT2D eigenvalue weighted by Crippen LogP contribution is -2.19. The molecule has 0 atom stereocenters. The van der Waals surface area contributed by atoms with E-state index in [2.05, 4.69) is 4.98 Å². The molecule has 2 heteroatoms. The average Bonchev–Trinajstić information content (AvgIpc) is 2.28. The average molecular weight is 199 g/mol. The van der Waals surface area contributed by atoms with Gasteiger partial charge in [-0.1, -0.05) is 18.2 Å². The van der Waals surface area contributed by atoms with Crippen LogP contribution in [0.1, 0.15) is 19.4 Å². The Morgan fingerprint density at radius 3 is 2.67 bits per heavy atom. The van der Waals surface area contributed by atoms with Crippen molar-refractivity contribution < 1.29 is 4.79 Å². The van der Waals surface area contributed by atoms with Gasteiger partial charge in [-0.25, -0.2) is 0 Å². The predicted molar refractivity (Wildman–Crippen MR) is 60.8 cm³/mol. The van der Waals surface area contributed by atoms with Gasteiger partial charge in [-0.05, 0) is 31.5 Å². The van der Waals surface area contributed by atoms with E-state index in [4.69, 9.17) is 0 Å². The highest BCUT2D eigenvalue weighted by molar-refractivity contribution is 5.86. The maximum absolute atomic E-state index is 11.1. The highest BCUT2D eigenvalue weighted by atomic mass is 16.1. The third-order valence-electron chi connectivity index (χ3n) is 2.64. The van der Waals surface area contributed by atoms with Crippen molar-refractivity contribution in [1.29, 1.82) is 0 Å². The number of aromatic nitrogens is 1. The second-order valence-electron chi connectivity index (χ2n) is 4.22. The molecule has 1 heterocycles. The van der Waals surface area contributed by atoms with Gasteiger partial charge in [0.1, 0.15) is 6.29 Å². The lowest BCUT2D eigenvalue weighted by Gasteiger charge is -2.19. The summed E-state index contributed by atoms with van der Waals surface area (Å²) in [5.74, 6) is 0. The van der Waals surface area contributed by atoms with E-state index in [1.54, 1.807) is 6.20 Å². The van der Waals surface area contributed by atoms with E-state index in [0.29, 0.717) is 0 Å². The van der Waals surface area contributed by atoms with Crippen LogP contribution < -0.4 is 0 Å². The summed E-state index contributed by atoms with van der Waals surface area (Å²) in [6, 6.07) is 9.79. The fourth-order valence-electron chi connectivity index (χ4n) is 1.72. The van der Waals surface area contributed by atoms with Crippen molar-refractivity contribution in [2.45, 2.75) is 19.3 Å². The third-order valence-corrected chi connectivity index (χ3v) is 2.64. The van der Waals surface area contributed by atoms with E-state index >= 15 is 0 Å². The van der Waals surface area contributed by atoms with Crippen molar-refractivity contribution in [2.24, 2.45) is 0 Å². The maximum Gasteiger partial charge on any atom is 0.129 e. The molecular weight excluding hydrogens is 186 g/mol. The Kier molecular flexibility index (Phi) is 2.27. The van der Waals surface area contributed by atoms with Crippen molar-refractivity contribution in [3.8, 4) is 0 Å². The number of rotatable bonds is 2. The van der Waals surface area contributed by atoms with Crippen LogP contribution in [0, 0.1) is 0 Å². The summed E-state index contributed by atoms with van der Waals surface area (Å²) in [4.78, 5) is 15.3. The monoisotopic (exact) mass is 199 g/mol. The Morgan fingerprint density at radius 1 is 1.20 bits per heavy atom. The van der Waals surface area contributed by atoms with Crippen molar-refractivity contribution in [3.63, 3.8) is 0 Å². The van der Waals surface area contributed by atoms with Crippen LogP contribution >= 0.6 is 0 Å².